The van der Waals surface area contributed by atoms with Gasteiger partial charge in [0.1, 0.15) is 17.3 Å². The summed E-state index contributed by atoms with van der Waals surface area (Å²) in [6.07, 6.45) is 5.08. The molecular weight excluding hydrogens is 290 g/mol. The van der Waals surface area contributed by atoms with Crippen LogP contribution in [0.15, 0.2) is 12.5 Å². The number of Topliss-reactive ketones (excluding diaryl/α,β-unsaturated/α-hetero) is 1. The van der Waals surface area contributed by atoms with Crippen molar-refractivity contribution in [3.63, 3.8) is 0 Å². The van der Waals surface area contributed by atoms with E-state index in [9.17, 15) is 4.79 Å². The molecule has 0 aliphatic heterocycles. The normalized spacial score (nSPS) is 11.2. The lowest BCUT2D eigenvalue weighted by atomic mass is 10.2. The van der Waals surface area contributed by atoms with E-state index in [2.05, 4.69) is 10.1 Å². The Labute approximate surface area is 126 Å². The highest BCUT2D eigenvalue weighted by Gasteiger charge is 2.20. The number of ether oxygens (including phenoxy) is 1. The largest absolute Gasteiger partial charge is 0.501 e. The first kappa shape index (κ1) is 15.4. The number of thiazole rings is 1. The van der Waals surface area contributed by atoms with Gasteiger partial charge in [0.15, 0.2) is 0 Å². The van der Waals surface area contributed by atoms with Crippen LogP contribution in [0, 0.1) is 6.92 Å². The molecule has 0 fully saturated rings. The van der Waals surface area contributed by atoms with E-state index in [1.165, 1.54) is 16.0 Å². The van der Waals surface area contributed by atoms with Gasteiger partial charge in [0.05, 0.1) is 35.2 Å². The average molecular weight is 307 g/mol. The van der Waals surface area contributed by atoms with Gasteiger partial charge in [0.2, 0.25) is 5.78 Å². The number of nitrogens with zero attached hydrogens (tertiary/aromatic N) is 3. The van der Waals surface area contributed by atoms with E-state index in [0.717, 1.165) is 10.6 Å². The van der Waals surface area contributed by atoms with Crippen molar-refractivity contribution in [2.75, 3.05) is 13.2 Å². The number of rotatable bonds is 6. The van der Waals surface area contributed by atoms with Crippen LogP contribution in [-0.2, 0) is 11.8 Å². The van der Waals surface area contributed by atoms with Crippen molar-refractivity contribution in [2.24, 2.45) is 7.05 Å². The van der Waals surface area contributed by atoms with E-state index in [4.69, 9.17) is 9.84 Å². The van der Waals surface area contributed by atoms with Gasteiger partial charge in [-0.15, -0.1) is 11.3 Å². The van der Waals surface area contributed by atoms with Crippen LogP contribution in [-0.4, -0.2) is 38.9 Å². The molecule has 0 atom stereocenters. The van der Waals surface area contributed by atoms with Crippen molar-refractivity contribution in [1.82, 2.24) is 14.8 Å². The fraction of sp³-hybridized carbons (Fsp3) is 0.357. The molecule has 0 aromatic carbocycles. The van der Waals surface area contributed by atoms with Crippen molar-refractivity contribution in [2.45, 2.75) is 13.8 Å². The number of hydrogen-bond donors (Lipinski definition) is 1. The highest BCUT2D eigenvalue weighted by Crippen LogP contribution is 2.31. The first-order chi connectivity index (χ1) is 10.1. The van der Waals surface area contributed by atoms with Crippen molar-refractivity contribution >= 4 is 23.2 Å². The zero-order valence-corrected chi connectivity index (χ0v) is 13.0. The van der Waals surface area contributed by atoms with Crippen molar-refractivity contribution in [3.05, 3.63) is 28.7 Å². The standard InChI is InChI=1S/C14H17N3O3S/c1-4-20-6-5-12-9(2)16-14(21-12)10-7-15-17(3)13(10)11(19)8-18/h5-7,18H,4,8H2,1-3H3/b6-5+. The minimum absolute atomic E-state index is 0.367. The number of aliphatic hydroxyl groups is 1. The number of aliphatic hydroxyl groups excluding tert-OH is 1. The lowest BCUT2D eigenvalue weighted by Gasteiger charge is -2.00. The van der Waals surface area contributed by atoms with Gasteiger partial charge < -0.3 is 9.84 Å². The summed E-state index contributed by atoms with van der Waals surface area (Å²) in [5, 5.41) is 13.9. The fourth-order valence-corrected chi connectivity index (χ4v) is 2.85. The van der Waals surface area contributed by atoms with Gasteiger partial charge in [-0.2, -0.15) is 5.10 Å². The van der Waals surface area contributed by atoms with Gasteiger partial charge in [0.25, 0.3) is 0 Å². The van der Waals surface area contributed by atoms with Crippen LogP contribution in [0.25, 0.3) is 16.6 Å². The van der Waals surface area contributed by atoms with Gasteiger partial charge in [-0.1, -0.05) is 0 Å². The summed E-state index contributed by atoms with van der Waals surface area (Å²) in [4.78, 5) is 17.3. The van der Waals surface area contributed by atoms with Crippen molar-refractivity contribution < 1.29 is 14.6 Å². The molecule has 21 heavy (non-hydrogen) atoms. The molecule has 2 heterocycles. The highest BCUT2D eigenvalue weighted by atomic mass is 32.1. The maximum atomic E-state index is 11.8. The van der Waals surface area contributed by atoms with Crippen LogP contribution in [0.1, 0.15) is 28.0 Å². The topological polar surface area (TPSA) is 77.2 Å². The highest BCUT2D eigenvalue weighted by molar-refractivity contribution is 7.16. The molecule has 2 aromatic rings. The van der Waals surface area contributed by atoms with Gasteiger partial charge >= 0.3 is 0 Å². The number of aryl methyl sites for hydroxylation is 2. The van der Waals surface area contributed by atoms with Crippen LogP contribution in [0.3, 0.4) is 0 Å². The molecule has 2 aromatic heterocycles. The Morgan fingerprint density at radius 3 is 3.00 bits per heavy atom. The second-order valence-electron chi connectivity index (χ2n) is 4.34. The van der Waals surface area contributed by atoms with E-state index in [0.29, 0.717) is 22.9 Å². The predicted molar refractivity (Wildman–Crippen MR) is 81.1 cm³/mol. The zero-order chi connectivity index (χ0) is 15.4. The van der Waals surface area contributed by atoms with Crippen LogP contribution in [0.2, 0.25) is 0 Å². The van der Waals surface area contributed by atoms with Gasteiger partial charge in [-0.05, 0) is 19.9 Å². The minimum atomic E-state index is -0.548. The first-order valence-electron chi connectivity index (χ1n) is 6.50. The SMILES string of the molecule is CCO/C=C/c1sc(-c2cnn(C)c2C(=O)CO)nc1C. The third-order valence-electron chi connectivity index (χ3n) is 2.89. The molecule has 112 valence electrons. The Hall–Kier alpha value is -1.99. The third-order valence-corrected chi connectivity index (χ3v) is 4.05. The maximum Gasteiger partial charge on any atom is 0.206 e. The van der Waals surface area contributed by atoms with E-state index in [1.54, 1.807) is 19.5 Å². The quantitative estimate of drug-likeness (QED) is 0.652. The minimum Gasteiger partial charge on any atom is -0.501 e. The molecule has 0 amide bonds. The monoisotopic (exact) mass is 307 g/mol. The molecule has 0 unspecified atom stereocenters. The Kier molecular flexibility index (Phi) is 4.87. The summed E-state index contributed by atoms with van der Waals surface area (Å²) < 4.78 is 6.64. The molecule has 0 saturated heterocycles. The number of hydrogen-bond acceptors (Lipinski definition) is 6. The molecule has 0 spiro atoms. The molecule has 0 aliphatic carbocycles. The van der Waals surface area contributed by atoms with E-state index >= 15 is 0 Å². The number of carbonyl (C=O) groups excluding carboxylic acids is 1. The smallest absolute Gasteiger partial charge is 0.206 e. The summed E-state index contributed by atoms with van der Waals surface area (Å²) >= 11 is 1.45. The Bertz CT molecular complexity index is 673. The molecule has 0 aliphatic rings. The Morgan fingerprint density at radius 1 is 1.57 bits per heavy atom. The summed E-state index contributed by atoms with van der Waals surface area (Å²) in [5.74, 6) is -0.371. The molecule has 7 heteroatoms. The van der Waals surface area contributed by atoms with Gasteiger partial charge in [-0.25, -0.2) is 4.98 Å². The van der Waals surface area contributed by atoms with Crippen molar-refractivity contribution in [1.29, 1.82) is 0 Å². The molecular formula is C14H17N3O3S. The molecule has 0 saturated carbocycles. The van der Waals surface area contributed by atoms with Crippen molar-refractivity contribution in [3.8, 4) is 10.6 Å². The first-order valence-corrected chi connectivity index (χ1v) is 7.32. The fourth-order valence-electron chi connectivity index (χ4n) is 1.88. The molecule has 0 bridgehead atoms. The lowest BCUT2D eigenvalue weighted by molar-refractivity contribution is 0.0895. The van der Waals surface area contributed by atoms with Crippen LogP contribution in [0.4, 0.5) is 0 Å². The van der Waals surface area contributed by atoms with E-state index < -0.39 is 6.61 Å². The summed E-state index contributed by atoms with van der Waals surface area (Å²) in [5.41, 5.74) is 1.87. The van der Waals surface area contributed by atoms with Gasteiger partial charge in [0, 0.05) is 7.05 Å². The molecule has 0 radical (unpaired) electrons. The van der Waals surface area contributed by atoms with E-state index in [1.807, 2.05) is 19.9 Å². The number of aromatic nitrogens is 3. The Morgan fingerprint density at radius 2 is 2.33 bits per heavy atom. The molecule has 6 nitrogen and oxygen atoms in total. The summed E-state index contributed by atoms with van der Waals surface area (Å²) in [6.45, 7) is 3.88. The molecule has 2 rings (SSSR count). The van der Waals surface area contributed by atoms with Crippen LogP contribution in [0.5, 0.6) is 0 Å². The van der Waals surface area contributed by atoms with E-state index in [-0.39, 0.29) is 5.78 Å². The number of ketones is 1. The Balaban J connectivity index is 2.40. The molecule has 1 N–H and O–H groups in total. The average Bonchev–Trinajstić information content (AvgIpc) is 3.02. The maximum absolute atomic E-state index is 11.8. The second kappa shape index (κ2) is 6.64. The van der Waals surface area contributed by atoms with Gasteiger partial charge in [-0.3, -0.25) is 9.48 Å². The van der Waals surface area contributed by atoms with Crippen LogP contribution < -0.4 is 0 Å². The number of carbonyl (C=O) groups is 1. The second-order valence-corrected chi connectivity index (χ2v) is 5.37. The zero-order valence-electron chi connectivity index (χ0n) is 12.2. The summed E-state index contributed by atoms with van der Waals surface area (Å²) in [6, 6.07) is 0. The predicted octanol–water partition coefficient (Wildman–Crippen LogP) is 2.03. The van der Waals surface area contributed by atoms with Crippen LogP contribution >= 0.6 is 11.3 Å². The summed E-state index contributed by atoms with van der Waals surface area (Å²) in [7, 11) is 1.67. The lowest BCUT2D eigenvalue weighted by Crippen LogP contribution is -2.11. The third kappa shape index (κ3) is 3.20.